The molecule has 0 N–H and O–H groups in total. The molecule has 0 aliphatic rings. The van der Waals surface area contributed by atoms with E-state index in [-0.39, 0.29) is 5.54 Å². The molecule has 0 bridgehead atoms. The van der Waals surface area contributed by atoms with Crippen LogP contribution in [-0.4, -0.2) is 9.78 Å². The molecule has 0 amide bonds. The van der Waals surface area contributed by atoms with Crippen molar-refractivity contribution in [2.24, 2.45) is 0 Å². The van der Waals surface area contributed by atoms with Crippen molar-refractivity contribution >= 4 is 15.9 Å². The second-order valence-electron chi connectivity index (χ2n) is 5.10. The summed E-state index contributed by atoms with van der Waals surface area (Å²) in [5.74, 6) is 0. The number of alkyl halides is 1. The molecule has 1 aromatic heterocycles. The normalized spacial score (nSPS) is 11.8. The second-order valence-corrected chi connectivity index (χ2v) is 5.66. The number of nitrogens with zero attached hydrogens (tertiary/aromatic N) is 2. The first-order chi connectivity index (χ1) is 8.02. The van der Waals surface area contributed by atoms with Gasteiger partial charge in [-0.2, -0.15) is 5.10 Å². The van der Waals surface area contributed by atoms with Gasteiger partial charge in [-0.15, -0.1) is 0 Å². The highest BCUT2D eigenvalue weighted by Gasteiger charge is 2.19. The topological polar surface area (TPSA) is 17.8 Å². The molecule has 0 spiro atoms. The third-order valence-electron chi connectivity index (χ3n) is 2.60. The number of rotatable bonds is 2. The standard InChI is InChI=1S/C14H17BrN2/c1-14(2,3)17-13(9-12(10-15)16-17)11-7-5-4-6-8-11/h4-9H,10H2,1-3H3. The first-order valence-electron chi connectivity index (χ1n) is 5.73. The lowest BCUT2D eigenvalue weighted by Gasteiger charge is -2.22. The van der Waals surface area contributed by atoms with Crippen molar-refractivity contribution in [1.29, 1.82) is 0 Å². The summed E-state index contributed by atoms with van der Waals surface area (Å²) in [7, 11) is 0. The van der Waals surface area contributed by atoms with E-state index in [0.717, 1.165) is 11.0 Å². The third-order valence-corrected chi connectivity index (χ3v) is 3.18. The molecule has 0 atom stereocenters. The van der Waals surface area contributed by atoms with Crippen LogP contribution < -0.4 is 0 Å². The Bertz CT molecular complexity index is 495. The Morgan fingerprint density at radius 2 is 1.82 bits per heavy atom. The second kappa shape index (κ2) is 4.65. The van der Waals surface area contributed by atoms with Crippen LogP contribution >= 0.6 is 15.9 Å². The number of hydrogen-bond acceptors (Lipinski definition) is 1. The van der Waals surface area contributed by atoms with Gasteiger partial charge >= 0.3 is 0 Å². The molecular formula is C14H17BrN2. The van der Waals surface area contributed by atoms with Gasteiger partial charge in [-0.1, -0.05) is 46.3 Å². The van der Waals surface area contributed by atoms with Crippen molar-refractivity contribution < 1.29 is 0 Å². The van der Waals surface area contributed by atoms with Crippen LogP contribution in [0.1, 0.15) is 26.5 Å². The molecule has 2 rings (SSSR count). The summed E-state index contributed by atoms with van der Waals surface area (Å²) in [5.41, 5.74) is 3.44. The fourth-order valence-corrected chi connectivity index (χ4v) is 2.10. The molecule has 0 saturated carbocycles. The minimum absolute atomic E-state index is 0.00834. The van der Waals surface area contributed by atoms with E-state index in [1.807, 2.05) is 6.07 Å². The lowest BCUT2D eigenvalue weighted by atomic mass is 10.1. The highest BCUT2D eigenvalue weighted by atomic mass is 79.9. The maximum absolute atomic E-state index is 4.65. The highest BCUT2D eigenvalue weighted by Crippen LogP contribution is 2.27. The van der Waals surface area contributed by atoms with Crippen LogP contribution in [0.5, 0.6) is 0 Å². The summed E-state index contributed by atoms with van der Waals surface area (Å²) in [5, 5.41) is 5.43. The Labute approximate surface area is 111 Å². The van der Waals surface area contributed by atoms with E-state index in [4.69, 9.17) is 0 Å². The molecule has 0 radical (unpaired) electrons. The van der Waals surface area contributed by atoms with Crippen molar-refractivity contribution in [3.05, 3.63) is 42.1 Å². The van der Waals surface area contributed by atoms with Crippen LogP contribution in [0.25, 0.3) is 11.3 Å². The molecule has 90 valence electrons. The predicted molar refractivity (Wildman–Crippen MR) is 75.3 cm³/mol. The van der Waals surface area contributed by atoms with E-state index in [9.17, 15) is 0 Å². The molecule has 0 aliphatic carbocycles. The molecule has 2 nitrogen and oxygen atoms in total. The predicted octanol–water partition coefficient (Wildman–Crippen LogP) is 4.20. The maximum atomic E-state index is 4.65. The molecule has 17 heavy (non-hydrogen) atoms. The summed E-state index contributed by atoms with van der Waals surface area (Å²) in [6.07, 6.45) is 0. The first kappa shape index (κ1) is 12.4. The molecule has 3 heteroatoms. The van der Waals surface area contributed by atoms with Gasteiger partial charge in [-0.05, 0) is 32.4 Å². The van der Waals surface area contributed by atoms with E-state index in [1.165, 1.54) is 11.3 Å². The Balaban J connectivity index is 2.57. The van der Waals surface area contributed by atoms with E-state index in [2.05, 4.69) is 76.8 Å². The summed E-state index contributed by atoms with van der Waals surface area (Å²) in [6.45, 7) is 6.51. The molecule has 1 heterocycles. The SMILES string of the molecule is CC(C)(C)n1nc(CBr)cc1-c1ccccc1. The van der Waals surface area contributed by atoms with Gasteiger partial charge in [0.05, 0.1) is 16.9 Å². The zero-order valence-corrected chi connectivity index (χ0v) is 12.0. The molecule has 0 fully saturated rings. The van der Waals surface area contributed by atoms with Gasteiger partial charge < -0.3 is 0 Å². The summed E-state index contributed by atoms with van der Waals surface area (Å²) in [6, 6.07) is 12.5. The quantitative estimate of drug-likeness (QED) is 0.759. The fourth-order valence-electron chi connectivity index (χ4n) is 1.82. The number of benzene rings is 1. The smallest absolute Gasteiger partial charge is 0.0736 e. The van der Waals surface area contributed by atoms with Crippen LogP contribution in [0, 0.1) is 0 Å². The van der Waals surface area contributed by atoms with Crippen LogP contribution in [-0.2, 0) is 10.9 Å². The van der Waals surface area contributed by atoms with Crippen LogP contribution in [0.15, 0.2) is 36.4 Å². The van der Waals surface area contributed by atoms with Crippen molar-refractivity contribution in [1.82, 2.24) is 9.78 Å². The van der Waals surface area contributed by atoms with Gasteiger partial charge in [0.1, 0.15) is 0 Å². The highest BCUT2D eigenvalue weighted by molar-refractivity contribution is 9.08. The molecular weight excluding hydrogens is 276 g/mol. The van der Waals surface area contributed by atoms with Gasteiger partial charge in [0.2, 0.25) is 0 Å². The average Bonchev–Trinajstić information content (AvgIpc) is 2.74. The van der Waals surface area contributed by atoms with Gasteiger partial charge in [-0.3, -0.25) is 4.68 Å². The van der Waals surface area contributed by atoms with E-state index in [1.54, 1.807) is 0 Å². The largest absolute Gasteiger partial charge is 0.259 e. The van der Waals surface area contributed by atoms with Crippen LogP contribution in [0.3, 0.4) is 0 Å². The molecule has 0 saturated heterocycles. The Morgan fingerprint density at radius 1 is 1.18 bits per heavy atom. The average molecular weight is 293 g/mol. The minimum Gasteiger partial charge on any atom is -0.259 e. The number of halogens is 1. The molecule has 2 aromatic rings. The Morgan fingerprint density at radius 3 is 2.35 bits per heavy atom. The lowest BCUT2D eigenvalue weighted by Crippen LogP contribution is -2.24. The maximum Gasteiger partial charge on any atom is 0.0736 e. The molecule has 0 unspecified atom stereocenters. The zero-order valence-electron chi connectivity index (χ0n) is 10.4. The van der Waals surface area contributed by atoms with Crippen molar-refractivity contribution in [2.45, 2.75) is 31.6 Å². The van der Waals surface area contributed by atoms with Crippen LogP contribution in [0.4, 0.5) is 0 Å². The van der Waals surface area contributed by atoms with Crippen LogP contribution in [0.2, 0.25) is 0 Å². The van der Waals surface area contributed by atoms with E-state index in [0.29, 0.717) is 0 Å². The third kappa shape index (κ3) is 2.60. The fraction of sp³-hybridized carbons (Fsp3) is 0.357. The summed E-state index contributed by atoms with van der Waals surface area (Å²) < 4.78 is 2.10. The zero-order chi connectivity index (χ0) is 12.5. The Hall–Kier alpha value is -1.09. The summed E-state index contributed by atoms with van der Waals surface area (Å²) >= 11 is 3.47. The van der Waals surface area contributed by atoms with Gasteiger partial charge in [0.25, 0.3) is 0 Å². The molecule has 1 aromatic carbocycles. The van der Waals surface area contributed by atoms with Gasteiger partial charge in [0, 0.05) is 5.33 Å². The first-order valence-corrected chi connectivity index (χ1v) is 6.85. The number of hydrogen-bond donors (Lipinski definition) is 0. The van der Waals surface area contributed by atoms with Gasteiger partial charge in [-0.25, -0.2) is 0 Å². The molecule has 0 aliphatic heterocycles. The summed E-state index contributed by atoms with van der Waals surface area (Å²) in [4.78, 5) is 0. The van der Waals surface area contributed by atoms with E-state index < -0.39 is 0 Å². The van der Waals surface area contributed by atoms with Gasteiger partial charge in [0.15, 0.2) is 0 Å². The van der Waals surface area contributed by atoms with E-state index >= 15 is 0 Å². The number of aromatic nitrogens is 2. The lowest BCUT2D eigenvalue weighted by molar-refractivity contribution is 0.358. The van der Waals surface area contributed by atoms with Crippen molar-refractivity contribution in [3.8, 4) is 11.3 Å². The van der Waals surface area contributed by atoms with Crippen molar-refractivity contribution in [2.75, 3.05) is 0 Å². The Kier molecular flexibility index (Phi) is 3.38. The monoisotopic (exact) mass is 292 g/mol. The van der Waals surface area contributed by atoms with Crippen molar-refractivity contribution in [3.63, 3.8) is 0 Å². The minimum atomic E-state index is -0.00834.